The molecule has 0 aliphatic carbocycles. The number of imide groups is 1. The number of nitrogens with zero attached hydrogens (tertiary/aromatic N) is 1. The topological polar surface area (TPSA) is 87.7 Å². The average molecular weight is 399 g/mol. The number of amides is 3. The van der Waals surface area contributed by atoms with E-state index < -0.39 is 17.4 Å². The minimum absolute atomic E-state index is 0.0981. The molecule has 7 nitrogen and oxygen atoms in total. The highest BCUT2D eigenvalue weighted by Crippen LogP contribution is 2.54. The number of ether oxygens (including phenoxy) is 1. The third kappa shape index (κ3) is 2.60. The number of rotatable bonds is 5. The Bertz CT molecular complexity index is 896. The van der Waals surface area contributed by atoms with Crippen LogP contribution < -0.4 is 10.6 Å². The Morgan fingerprint density at radius 2 is 1.90 bits per heavy atom. The van der Waals surface area contributed by atoms with Crippen molar-refractivity contribution in [2.75, 3.05) is 25.6 Å². The highest BCUT2D eigenvalue weighted by atomic mass is 16.5. The van der Waals surface area contributed by atoms with Crippen LogP contribution in [-0.4, -0.2) is 48.9 Å². The average Bonchev–Trinajstić information content (AvgIpc) is 3.26. The zero-order valence-corrected chi connectivity index (χ0v) is 17.7. The van der Waals surface area contributed by atoms with Crippen LogP contribution >= 0.6 is 0 Å². The molecule has 0 bridgehead atoms. The van der Waals surface area contributed by atoms with E-state index in [4.69, 9.17) is 4.74 Å². The molecule has 4 unspecified atom stereocenters. The van der Waals surface area contributed by atoms with Crippen molar-refractivity contribution in [1.29, 1.82) is 0 Å². The second-order valence-electron chi connectivity index (χ2n) is 8.78. The molecule has 4 rings (SSSR count). The summed E-state index contributed by atoms with van der Waals surface area (Å²) in [6, 6.07) is 3.66. The third-order valence-corrected chi connectivity index (χ3v) is 6.90. The summed E-state index contributed by atoms with van der Waals surface area (Å²) in [6.07, 6.45) is 0.585. The van der Waals surface area contributed by atoms with Gasteiger partial charge in [0.05, 0.1) is 11.8 Å². The van der Waals surface area contributed by atoms with Gasteiger partial charge >= 0.3 is 0 Å². The van der Waals surface area contributed by atoms with Gasteiger partial charge in [-0.15, -0.1) is 0 Å². The Morgan fingerprint density at radius 1 is 1.17 bits per heavy atom. The lowest BCUT2D eigenvalue weighted by Gasteiger charge is -2.30. The number of carbonyl (C=O) groups is 3. The lowest BCUT2D eigenvalue weighted by molar-refractivity contribution is -0.143. The fraction of sp³-hybridized carbons (Fsp3) is 0.591. The number of fused-ring (bicyclic) bond motifs is 4. The van der Waals surface area contributed by atoms with Crippen LogP contribution in [0.4, 0.5) is 5.69 Å². The van der Waals surface area contributed by atoms with E-state index in [2.05, 4.69) is 10.6 Å². The highest BCUT2D eigenvalue weighted by molar-refractivity contribution is 6.15. The van der Waals surface area contributed by atoms with E-state index in [1.807, 2.05) is 39.8 Å². The predicted molar refractivity (Wildman–Crippen MR) is 108 cm³/mol. The van der Waals surface area contributed by atoms with Gasteiger partial charge < -0.3 is 10.1 Å². The molecule has 3 aliphatic rings. The first kappa shape index (κ1) is 20.0. The Labute approximate surface area is 171 Å². The molecule has 2 saturated heterocycles. The minimum Gasteiger partial charge on any atom is -0.385 e. The molecule has 156 valence electrons. The lowest BCUT2D eigenvalue weighted by atomic mass is 9.75. The maximum Gasteiger partial charge on any atom is 0.250 e. The second kappa shape index (κ2) is 6.92. The smallest absolute Gasteiger partial charge is 0.250 e. The van der Waals surface area contributed by atoms with E-state index in [9.17, 15) is 14.4 Å². The normalized spacial score (nSPS) is 30.5. The molecule has 0 radical (unpaired) electrons. The number of hydrogen-bond donors (Lipinski definition) is 2. The highest BCUT2D eigenvalue weighted by Gasteiger charge is 2.70. The van der Waals surface area contributed by atoms with Gasteiger partial charge in [-0.25, -0.2) is 0 Å². The van der Waals surface area contributed by atoms with Gasteiger partial charge in [-0.3, -0.25) is 24.6 Å². The van der Waals surface area contributed by atoms with Crippen LogP contribution in [0.5, 0.6) is 0 Å². The zero-order chi connectivity index (χ0) is 21.1. The number of anilines is 1. The summed E-state index contributed by atoms with van der Waals surface area (Å²) in [7, 11) is 1.60. The molecule has 1 spiro atoms. The van der Waals surface area contributed by atoms with Crippen LogP contribution in [0.3, 0.4) is 0 Å². The van der Waals surface area contributed by atoms with Crippen LogP contribution in [0.1, 0.15) is 37.0 Å². The van der Waals surface area contributed by atoms with Crippen molar-refractivity contribution in [3.63, 3.8) is 0 Å². The predicted octanol–water partition coefficient (Wildman–Crippen LogP) is 1.72. The molecule has 0 aromatic heterocycles. The molecular formula is C22H29N3O4. The van der Waals surface area contributed by atoms with Gasteiger partial charge in [-0.2, -0.15) is 0 Å². The number of aryl methyl sites for hydroxylation is 1. The number of methoxy groups -OCH3 is 1. The molecule has 1 aromatic carbocycles. The first-order valence-electron chi connectivity index (χ1n) is 10.3. The van der Waals surface area contributed by atoms with Gasteiger partial charge in [0.25, 0.3) is 0 Å². The quantitative estimate of drug-likeness (QED) is 0.581. The van der Waals surface area contributed by atoms with Gasteiger partial charge in [0.15, 0.2) is 0 Å². The number of likely N-dealkylation sites (tertiary alicyclic amines) is 1. The molecule has 1 aromatic rings. The van der Waals surface area contributed by atoms with Crippen molar-refractivity contribution in [3.8, 4) is 0 Å². The minimum atomic E-state index is -1.20. The molecule has 3 heterocycles. The molecule has 2 fully saturated rings. The van der Waals surface area contributed by atoms with E-state index in [1.54, 1.807) is 7.11 Å². The van der Waals surface area contributed by atoms with Crippen molar-refractivity contribution >= 4 is 23.4 Å². The van der Waals surface area contributed by atoms with E-state index in [0.29, 0.717) is 19.6 Å². The molecule has 7 heteroatoms. The van der Waals surface area contributed by atoms with Gasteiger partial charge in [0.1, 0.15) is 5.54 Å². The largest absolute Gasteiger partial charge is 0.385 e. The monoisotopic (exact) mass is 399 g/mol. The Hall–Kier alpha value is -2.25. The summed E-state index contributed by atoms with van der Waals surface area (Å²) in [6.45, 7) is 8.81. The molecular weight excluding hydrogens is 370 g/mol. The maximum atomic E-state index is 13.5. The van der Waals surface area contributed by atoms with Crippen LogP contribution in [0, 0.1) is 31.6 Å². The molecule has 3 amide bonds. The number of hydrogen-bond acceptors (Lipinski definition) is 5. The van der Waals surface area contributed by atoms with Crippen molar-refractivity contribution in [3.05, 3.63) is 28.8 Å². The molecule has 4 atom stereocenters. The lowest BCUT2D eigenvalue weighted by Crippen LogP contribution is -2.54. The summed E-state index contributed by atoms with van der Waals surface area (Å²) in [5, 5.41) is 6.47. The first-order valence-corrected chi connectivity index (χ1v) is 10.3. The fourth-order valence-corrected chi connectivity index (χ4v) is 5.27. The van der Waals surface area contributed by atoms with Crippen LogP contribution in [0.15, 0.2) is 12.1 Å². The number of nitrogens with one attached hydrogen (secondary N) is 2. The first-order chi connectivity index (χ1) is 13.8. The van der Waals surface area contributed by atoms with E-state index in [1.165, 1.54) is 4.90 Å². The standard InChI is InChI=1S/C22H29N3O4/c1-11(2)17-15-16(20(27)25(19(15)26)9-6-10-29-5)22(24-17)14-8-7-12(3)13(4)18(14)23-21(22)28/h7-8,11,15-17,24H,6,9-10H2,1-5H3,(H,23,28). The van der Waals surface area contributed by atoms with E-state index >= 15 is 0 Å². The fourth-order valence-electron chi connectivity index (χ4n) is 5.27. The third-order valence-electron chi connectivity index (χ3n) is 6.90. The maximum absolute atomic E-state index is 13.5. The number of carbonyl (C=O) groups excluding carboxylic acids is 3. The van der Waals surface area contributed by atoms with Crippen molar-refractivity contribution in [2.45, 2.75) is 45.7 Å². The molecule has 0 saturated carbocycles. The Kier molecular flexibility index (Phi) is 4.78. The van der Waals surface area contributed by atoms with Crippen molar-refractivity contribution in [1.82, 2.24) is 10.2 Å². The zero-order valence-electron chi connectivity index (χ0n) is 17.7. The summed E-state index contributed by atoms with van der Waals surface area (Å²) >= 11 is 0. The summed E-state index contributed by atoms with van der Waals surface area (Å²) in [5.41, 5.74) is 2.42. The Morgan fingerprint density at radius 3 is 2.55 bits per heavy atom. The van der Waals surface area contributed by atoms with Crippen molar-refractivity contribution in [2.24, 2.45) is 17.8 Å². The van der Waals surface area contributed by atoms with Gasteiger partial charge in [0, 0.05) is 37.6 Å². The second-order valence-corrected chi connectivity index (χ2v) is 8.78. The summed E-state index contributed by atoms with van der Waals surface area (Å²) in [5.74, 6) is -1.84. The molecule has 3 aliphatic heterocycles. The molecule has 2 N–H and O–H groups in total. The summed E-state index contributed by atoms with van der Waals surface area (Å²) < 4.78 is 5.08. The van der Waals surface area contributed by atoms with Crippen molar-refractivity contribution < 1.29 is 19.1 Å². The van der Waals surface area contributed by atoms with E-state index in [0.717, 1.165) is 22.4 Å². The van der Waals surface area contributed by atoms with Gasteiger partial charge in [0.2, 0.25) is 17.7 Å². The van der Waals surface area contributed by atoms with Crippen LogP contribution in [0.2, 0.25) is 0 Å². The SMILES string of the molecule is COCCCN1C(=O)C2C(C(C)C)NC3(C(=O)Nc4c3ccc(C)c4C)C2C1=O. The Balaban J connectivity index is 1.83. The van der Waals surface area contributed by atoms with Gasteiger partial charge in [-0.05, 0) is 37.3 Å². The number of benzene rings is 1. The summed E-state index contributed by atoms with van der Waals surface area (Å²) in [4.78, 5) is 41.5. The molecule has 29 heavy (non-hydrogen) atoms. The van der Waals surface area contributed by atoms with Gasteiger partial charge in [-0.1, -0.05) is 26.0 Å². The van der Waals surface area contributed by atoms with E-state index in [-0.39, 0.29) is 29.7 Å². The van der Waals surface area contributed by atoms with Crippen LogP contribution in [0.25, 0.3) is 0 Å². The van der Waals surface area contributed by atoms with Crippen LogP contribution in [-0.2, 0) is 24.7 Å².